The fourth-order valence-electron chi connectivity index (χ4n) is 1.31. The highest BCUT2D eigenvalue weighted by Crippen LogP contribution is 2.28. The molecule has 0 bridgehead atoms. The average Bonchev–Trinajstić information content (AvgIpc) is 2.34. The van der Waals surface area contributed by atoms with Gasteiger partial charge < -0.3 is 0 Å². The van der Waals surface area contributed by atoms with E-state index >= 15 is 0 Å². The monoisotopic (exact) mass is 153 g/mol. The smallest absolute Gasteiger partial charge is 0.127 e. The van der Waals surface area contributed by atoms with Crippen LogP contribution in [0.15, 0.2) is 28.8 Å². The first-order chi connectivity index (χ1) is 5.29. The van der Waals surface area contributed by atoms with E-state index in [4.69, 9.17) is 0 Å². The van der Waals surface area contributed by atoms with Crippen molar-refractivity contribution in [3.8, 4) is 0 Å². The number of nitrogens with zero attached hydrogens (tertiary/aromatic N) is 1. The predicted molar refractivity (Wildman–Crippen MR) is 45.8 cm³/mol. The van der Waals surface area contributed by atoms with E-state index in [0.717, 1.165) is 12.0 Å². The minimum atomic E-state index is -0.827. The maximum absolute atomic E-state index is 13.0. The van der Waals surface area contributed by atoms with E-state index in [-0.39, 0.29) is 0 Å². The summed E-state index contributed by atoms with van der Waals surface area (Å²) in [6, 6.07) is 0. The number of hydrogen-bond donors (Lipinski definition) is 0. The summed E-state index contributed by atoms with van der Waals surface area (Å²) >= 11 is 0. The van der Waals surface area contributed by atoms with Crippen LogP contribution in [0.4, 0.5) is 4.39 Å². The number of rotatable bonds is 2. The molecule has 0 fully saturated rings. The molecule has 0 aromatic carbocycles. The Labute approximate surface area is 66.3 Å². The van der Waals surface area contributed by atoms with Gasteiger partial charge in [-0.1, -0.05) is 12.7 Å². The molecule has 0 N–H and O–H groups in total. The average molecular weight is 153 g/mol. The Morgan fingerprint density at radius 2 is 2.45 bits per heavy atom. The molecule has 0 aromatic heterocycles. The molecule has 0 radical (unpaired) electrons. The van der Waals surface area contributed by atoms with E-state index < -0.39 is 6.17 Å². The molecular formula is C9H12FN. The third-order valence-corrected chi connectivity index (χ3v) is 1.89. The minimum absolute atomic E-state index is 0.586. The molecule has 1 aliphatic carbocycles. The Morgan fingerprint density at radius 1 is 1.73 bits per heavy atom. The van der Waals surface area contributed by atoms with Gasteiger partial charge in [0.05, 0.1) is 0 Å². The molecule has 60 valence electrons. The third kappa shape index (κ3) is 1.56. The number of alkyl halides is 1. The van der Waals surface area contributed by atoms with Crippen LogP contribution in [0.25, 0.3) is 0 Å². The van der Waals surface area contributed by atoms with Crippen LogP contribution in [0.3, 0.4) is 0 Å². The van der Waals surface area contributed by atoms with Crippen molar-refractivity contribution >= 4 is 6.21 Å². The highest BCUT2D eigenvalue weighted by Gasteiger charge is 2.21. The third-order valence-electron chi connectivity index (χ3n) is 1.89. The first-order valence-electron chi connectivity index (χ1n) is 3.71. The van der Waals surface area contributed by atoms with Crippen LogP contribution in [0.5, 0.6) is 0 Å². The van der Waals surface area contributed by atoms with Gasteiger partial charge in [-0.3, -0.25) is 4.99 Å². The maximum Gasteiger partial charge on any atom is 0.127 e. The minimum Gasteiger partial charge on any atom is -0.296 e. The highest BCUT2D eigenvalue weighted by molar-refractivity contribution is 5.82. The first-order valence-corrected chi connectivity index (χ1v) is 3.71. The Kier molecular flexibility index (Phi) is 2.58. The lowest BCUT2D eigenvalue weighted by molar-refractivity contribution is 0.388. The zero-order valence-electron chi connectivity index (χ0n) is 6.68. The molecule has 0 spiro atoms. The van der Waals surface area contributed by atoms with E-state index in [2.05, 4.69) is 11.6 Å². The molecular weight excluding hydrogens is 141 g/mol. The Hall–Kier alpha value is -0.920. The Morgan fingerprint density at radius 3 is 3.00 bits per heavy atom. The van der Waals surface area contributed by atoms with Crippen molar-refractivity contribution in [2.75, 3.05) is 7.05 Å². The number of aliphatic imine (C=N–C) groups is 1. The maximum atomic E-state index is 13.0. The number of allylic oxidation sites excluding steroid dienone is 3. The van der Waals surface area contributed by atoms with Crippen LogP contribution in [0.2, 0.25) is 0 Å². The molecule has 0 saturated heterocycles. The summed E-state index contributed by atoms with van der Waals surface area (Å²) < 4.78 is 13.0. The molecule has 0 saturated carbocycles. The molecule has 1 nitrogen and oxygen atoms in total. The summed E-state index contributed by atoms with van der Waals surface area (Å²) in [6.07, 6.45) is 3.87. The van der Waals surface area contributed by atoms with E-state index in [9.17, 15) is 4.39 Å². The normalized spacial score (nSPS) is 25.1. The molecule has 1 atom stereocenters. The van der Waals surface area contributed by atoms with Gasteiger partial charge >= 0.3 is 0 Å². The van der Waals surface area contributed by atoms with Gasteiger partial charge in [-0.15, -0.1) is 0 Å². The van der Waals surface area contributed by atoms with Gasteiger partial charge in [-0.2, -0.15) is 0 Å². The second-order valence-electron chi connectivity index (χ2n) is 2.58. The van der Waals surface area contributed by atoms with Gasteiger partial charge in [0.25, 0.3) is 0 Å². The van der Waals surface area contributed by atoms with E-state index in [0.29, 0.717) is 12.0 Å². The summed E-state index contributed by atoms with van der Waals surface area (Å²) in [4.78, 5) is 3.80. The fraction of sp³-hybridized carbons (Fsp3) is 0.444. The van der Waals surface area contributed by atoms with Crippen LogP contribution in [-0.4, -0.2) is 19.4 Å². The molecule has 0 aliphatic heterocycles. The highest BCUT2D eigenvalue weighted by atomic mass is 19.1. The van der Waals surface area contributed by atoms with Gasteiger partial charge in [0.1, 0.15) is 6.17 Å². The van der Waals surface area contributed by atoms with Crippen molar-refractivity contribution in [2.45, 2.75) is 19.0 Å². The Bertz CT molecular complexity index is 216. The lowest BCUT2D eigenvalue weighted by Crippen LogP contribution is -1.99. The zero-order chi connectivity index (χ0) is 8.27. The topological polar surface area (TPSA) is 12.4 Å². The second-order valence-corrected chi connectivity index (χ2v) is 2.58. The lowest BCUT2D eigenvalue weighted by Gasteiger charge is -1.98. The van der Waals surface area contributed by atoms with E-state index in [1.54, 1.807) is 19.3 Å². The molecule has 2 heteroatoms. The molecule has 1 rings (SSSR count). The van der Waals surface area contributed by atoms with Crippen molar-refractivity contribution < 1.29 is 4.39 Å². The molecule has 0 heterocycles. The second kappa shape index (κ2) is 3.46. The fourth-order valence-corrected chi connectivity index (χ4v) is 1.31. The largest absolute Gasteiger partial charge is 0.296 e. The van der Waals surface area contributed by atoms with Crippen molar-refractivity contribution in [3.63, 3.8) is 0 Å². The molecule has 0 aromatic rings. The van der Waals surface area contributed by atoms with Gasteiger partial charge in [0, 0.05) is 18.8 Å². The standard InChI is InChI=1S/C9H12FN/c1-3-7-4-5-9(10)8(7)6-11-2/h3,6,9H,1,4-5H2,2H3. The molecule has 0 amide bonds. The van der Waals surface area contributed by atoms with Crippen molar-refractivity contribution in [1.82, 2.24) is 0 Å². The van der Waals surface area contributed by atoms with Crippen LogP contribution < -0.4 is 0 Å². The SMILES string of the molecule is C=CC1=C(C=NC)C(F)CC1. The predicted octanol–water partition coefficient (Wildman–Crippen LogP) is 2.30. The van der Waals surface area contributed by atoms with Crippen molar-refractivity contribution in [3.05, 3.63) is 23.8 Å². The van der Waals surface area contributed by atoms with Gasteiger partial charge in [0.2, 0.25) is 0 Å². The summed E-state index contributed by atoms with van der Waals surface area (Å²) in [5.41, 5.74) is 1.71. The van der Waals surface area contributed by atoms with Crippen LogP contribution in [-0.2, 0) is 0 Å². The van der Waals surface area contributed by atoms with E-state index in [1.165, 1.54) is 0 Å². The summed E-state index contributed by atoms with van der Waals surface area (Å²) in [6.45, 7) is 3.62. The van der Waals surface area contributed by atoms with Crippen LogP contribution in [0.1, 0.15) is 12.8 Å². The number of halogens is 1. The summed E-state index contributed by atoms with van der Waals surface area (Å²) in [5, 5.41) is 0. The zero-order valence-corrected chi connectivity index (χ0v) is 6.68. The van der Waals surface area contributed by atoms with Gasteiger partial charge in [-0.05, 0) is 18.4 Å². The van der Waals surface area contributed by atoms with Crippen LogP contribution >= 0.6 is 0 Å². The Balaban J connectivity index is 2.89. The van der Waals surface area contributed by atoms with E-state index in [1.807, 2.05) is 0 Å². The summed E-state index contributed by atoms with van der Waals surface area (Å²) in [7, 11) is 1.65. The molecule has 1 unspecified atom stereocenters. The van der Waals surface area contributed by atoms with Gasteiger partial charge in [-0.25, -0.2) is 4.39 Å². The van der Waals surface area contributed by atoms with Crippen LogP contribution in [0, 0.1) is 0 Å². The lowest BCUT2D eigenvalue weighted by atomic mass is 10.1. The number of hydrogen-bond acceptors (Lipinski definition) is 1. The van der Waals surface area contributed by atoms with Crippen molar-refractivity contribution in [1.29, 1.82) is 0 Å². The molecule has 11 heavy (non-hydrogen) atoms. The van der Waals surface area contributed by atoms with Crippen molar-refractivity contribution in [2.24, 2.45) is 4.99 Å². The quantitative estimate of drug-likeness (QED) is 0.540. The molecule has 1 aliphatic rings. The first kappa shape index (κ1) is 8.18. The summed E-state index contributed by atoms with van der Waals surface area (Å²) in [5.74, 6) is 0. The van der Waals surface area contributed by atoms with Gasteiger partial charge in [0.15, 0.2) is 0 Å².